The molecule has 3 aliphatic heterocycles. The van der Waals surface area contributed by atoms with Crippen molar-refractivity contribution >= 4 is 11.8 Å². The number of benzene rings is 1. The van der Waals surface area contributed by atoms with Gasteiger partial charge in [-0.1, -0.05) is 12.1 Å². The number of likely N-dealkylation sites (tertiary alicyclic amines) is 1. The van der Waals surface area contributed by atoms with Crippen LogP contribution in [0.2, 0.25) is 0 Å². The summed E-state index contributed by atoms with van der Waals surface area (Å²) in [5.41, 5.74) is 2.06. The van der Waals surface area contributed by atoms with E-state index in [1.54, 1.807) is 13.2 Å². The third-order valence-corrected chi connectivity index (χ3v) is 6.66. The number of H-pyrrole nitrogens is 1. The van der Waals surface area contributed by atoms with Crippen molar-refractivity contribution in [3.8, 4) is 17.0 Å². The van der Waals surface area contributed by atoms with Gasteiger partial charge in [0.15, 0.2) is 0 Å². The van der Waals surface area contributed by atoms with Gasteiger partial charge in [0.2, 0.25) is 5.91 Å². The molecule has 152 valence electrons. The fourth-order valence-electron chi connectivity index (χ4n) is 5.37. The Kier molecular flexibility index (Phi) is 4.53. The van der Waals surface area contributed by atoms with Crippen molar-refractivity contribution in [3.05, 3.63) is 36.0 Å². The molecule has 0 spiro atoms. The van der Waals surface area contributed by atoms with Gasteiger partial charge in [-0.25, -0.2) is 0 Å². The number of methoxy groups -OCH3 is 1. The van der Waals surface area contributed by atoms with Crippen molar-refractivity contribution < 1.29 is 14.3 Å². The molecular formula is C22H26N4O3. The maximum absolute atomic E-state index is 13.2. The molecule has 7 nitrogen and oxygen atoms in total. The largest absolute Gasteiger partial charge is 0.496 e. The van der Waals surface area contributed by atoms with Crippen molar-refractivity contribution in [2.45, 2.75) is 31.7 Å². The number of nitrogens with zero attached hydrogens (tertiary/aromatic N) is 3. The van der Waals surface area contributed by atoms with Gasteiger partial charge in [0.25, 0.3) is 5.91 Å². The lowest BCUT2D eigenvalue weighted by Gasteiger charge is -2.52. The van der Waals surface area contributed by atoms with Gasteiger partial charge in [0, 0.05) is 37.7 Å². The second-order valence-electron chi connectivity index (χ2n) is 8.44. The zero-order chi connectivity index (χ0) is 20.0. The first kappa shape index (κ1) is 18.2. The van der Waals surface area contributed by atoms with Crippen molar-refractivity contribution in [1.29, 1.82) is 0 Å². The lowest BCUT2D eigenvalue weighted by atomic mass is 9.76. The van der Waals surface area contributed by atoms with E-state index in [0.29, 0.717) is 54.7 Å². The monoisotopic (exact) mass is 394 g/mol. The summed E-state index contributed by atoms with van der Waals surface area (Å²) < 4.78 is 5.41. The van der Waals surface area contributed by atoms with Crippen LogP contribution in [0.3, 0.4) is 0 Å². The van der Waals surface area contributed by atoms with E-state index in [1.807, 2.05) is 29.2 Å². The summed E-state index contributed by atoms with van der Waals surface area (Å²) in [5, 5.41) is 7.27. The van der Waals surface area contributed by atoms with Gasteiger partial charge < -0.3 is 14.5 Å². The molecule has 3 unspecified atom stereocenters. The Morgan fingerprint density at radius 1 is 1.24 bits per heavy atom. The number of nitrogens with one attached hydrogen (secondary N) is 1. The van der Waals surface area contributed by atoms with Crippen molar-refractivity contribution in [2.24, 2.45) is 11.8 Å². The van der Waals surface area contributed by atoms with Crippen molar-refractivity contribution in [3.63, 3.8) is 0 Å². The Bertz CT molecular complexity index is 940. The topological polar surface area (TPSA) is 78.5 Å². The maximum Gasteiger partial charge on any atom is 0.271 e. The molecule has 0 radical (unpaired) electrons. The average Bonchev–Trinajstić information content (AvgIpc) is 3.24. The Labute approximate surface area is 170 Å². The second kappa shape index (κ2) is 7.21. The van der Waals surface area contributed by atoms with Crippen molar-refractivity contribution in [2.75, 3.05) is 26.7 Å². The minimum atomic E-state index is -0.0102. The summed E-state index contributed by atoms with van der Waals surface area (Å²) in [6.07, 6.45) is 3.83. The quantitative estimate of drug-likeness (QED) is 0.868. The highest BCUT2D eigenvalue weighted by atomic mass is 16.5. The molecule has 1 aromatic heterocycles. The second-order valence-corrected chi connectivity index (χ2v) is 8.44. The molecule has 0 aliphatic carbocycles. The Hall–Kier alpha value is -2.83. The van der Waals surface area contributed by atoms with Gasteiger partial charge >= 0.3 is 0 Å². The molecule has 3 aliphatic rings. The van der Waals surface area contributed by atoms with Crippen LogP contribution in [-0.4, -0.2) is 64.6 Å². The van der Waals surface area contributed by atoms with E-state index in [4.69, 9.17) is 4.74 Å². The lowest BCUT2D eigenvalue weighted by Crippen LogP contribution is -2.61. The van der Waals surface area contributed by atoms with Gasteiger partial charge in [-0.15, -0.1) is 0 Å². The number of aromatic nitrogens is 2. The standard InChI is InChI=1S/C22H26N4O3/c1-29-20-7-3-2-5-16(20)17-10-18(24-23-17)22(28)25-11-14-9-15(13-25)19-6-4-8-21(27)26(19)12-14/h2-3,5,7,10,14-15,19H,4,6,8-9,11-13H2,1H3,(H,23,24). The Balaban J connectivity index is 1.34. The summed E-state index contributed by atoms with van der Waals surface area (Å²) in [7, 11) is 1.63. The van der Waals surface area contributed by atoms with E-state index < -0.39 is 0 Å². The zero-order valence-electron chi connectivity index (χ0n) is 16.6. The third-order valence-electron chi connectivity index (χ3n) is 6.66. The number of piperidine rings is 3. The number of hydrogen-bond acceptors (Lipinski definition) is 4. The van der Waals surface area contributed by atoms with Crippen LogP contribution in [0.25, 0.3) is 11.3 Å². The summed E-state index contributed by atoms with van der Waals surface area (Å²) >= 11 is 0. The molecule has 3 fully saturated rings. The van der Waals surface area contributed by atoms with Crippen LogP contribution in [0, 0.1) is 11.8 Å². The number of fused-ring (bicyclic) bond motifs is 4. The number of aromatic amines is 1. The van der Waals surface area contributed by atoms with Crippen LogP contribution >= 0.6 is 0 Å². The summed E-state index contributed by atoms with van der Waals surface area (Å²) in [6, 6.07) is 9.76. The van der Waals surface area contributed by atoms with E-state index in [-0.39, 0.29) is 5.91 Å². The molecular weight excluding hydrogens is 368 g/mol. The molecule has 2 amide bonds. The van der Waals surface area contributed by atoms with Crippen LogP contribution in [0.1, 0.15) is 36.2 Å². The predicted octanol–water partition coefficient (Wildman–Crippen LogP) is 2.56. The highest BCUT2D eigenvalue weighted by Gasteiger charge is 2.45. The van der Waals surface area contributed by atoms with Crippen LogP contribution < -0.4 is 4.74 Å². The maximum atomic E-state index is 13.2. The first-order chi connectivity index (χ1) is 14.1. The zero-order valence-corrected chi connectivity index (χ0v) is 16.6. The normalized spacial score (nSPS) is 26.2. The van der Waals surface area contributed by atoms with E-state index in [9.17, 15) is 9.59 Å². The van der Waals surface area contributed by atoms with Crippen LogP contribution in [0.15, 0.2) is 30.3 Å². The molecule has 2 aromatic rings. The first-order valence-corrected chi connectivity index (χ1v) is 10.4. The van der Waals surface area contributed by atoms with Gasteiger partial charge in [0.1, 0.15) is 11.4 Å². The molecule has 1 N–H and O–H groups in total. The number of ether oxygens (including phenoxy) is 1. The molecule has 5 rings (SSSR count). The van der Waals surface area contributed by atoms with Gasteiger partial charge in [-0.05, 0) is 49.3 Å². The highest BCUT2D eigenvalue weighted by Crippen LogP contribution is 2.38. The van der Waals surface area contributed by atoms with Crippen molar-refractivity contribution in [1.82, 2.24) is 20.0 Å². The molecule has 0 saturated carbocycles. The van der Waals surface area contributed by atoms with Gasteiger partial charge in [0.05, 0.1) is 12.8 Å². The summed E-state index contributed by atoms with van der Waals surface area (Å²) in [5.74, 6) is 1.77. The number of carbonyl (C=O) groups excluding carboxylic acids is 2. The first-order valence-electron chi connectivity index (χ1n) is 10.4. The minimum absolute atomic E-state index is 0.0102. The van der Waals surface area contributed by atoms with Gasteiger partial charge in [-0.2, -0.15) is 5.10 Å². The van der Waals surface area contributed by atoms with E-state index in [2.05, 4.69) is 15.1 Å². The summed E-state index contributed by atoms with van der Waals surface area (Å²) in [6.45, 7) is 2.21. The SMILES string of the molecule is COc1ccccc1-c1cc(C(=O)N2CC3CC(C2)C2CCCC(=O)N2C3)[nH]n1. The molecule has 7 heteroatoms. The minimum Gasteiger partial charge on any atom is -0.496 e. The Morgan fingerprint density at radius 2 is 2.10 bits per heavy atom. The number of para-hydroxylation sites is 1. The van der Waals surface area contributed by atoms with E-state index in [0.717, 1.165) is 37.1 Å². The molecule has 4 heterocycles. The number of rotatable bonds is 3. The Morgan fingerprint density at radius 3 is 2.97 bits per heavy atom. The van der Waals surface area contributed by atoms with Crippen LogP contribution in [0.5, 0.6) is 5.75 Å². The fraction of sp³-hybridized carbons (Fsp3) is 0.500. The summed E-state index contributed by atoms with van der Waals surface area (Å²) in [4.78, 5) is 29.6. The molecule has 1 aromatic carbocycles. The number of amides is 2. The molecule has 3 saturated heterocycles. The smallest absolute Gasteiger partial charge is 0.271 e. The molecule has 29 heavy (non-hydrogen) atoms. The lowest BCUT2D eigenvalue weighted by molar-refractivity contribution is -0.144. The molecule has 3 atom stereocenters. The average molecular weight is 394 g/mol. The van der Waals surface area contributed by atoms with E-state index in [1.165, 1.54) is 0 Å². The van der Waals surface area contributed by atoms with Gasteiger partial charge in [-0.3, -0.25) is 14.7 Å². The third kappa shape index (κ3) is 3.18. The van der Waals surface area contributed by atoms with Crippen LogP contribution in [0.4, 0.5) is 0 Å². The van der Waals surface area contributed by atoms with E-state index >= 15 is 0 Å². The number of carbonyl (C=O) groups is 2. The molecule has 2 bridgehead atoms. The fourth-order valence-corrected chi connectivity index (χ4v) is 5.37. The van der Waals surface area contributed by atoms with Crippen LogP contribution in [-0.2, 0) is 4.79 Å². The number of hydrogen-bond donors (Lipinski definition) is 1. The highest BCUT2D eigenvalue weighted by molar-refractivity contribution is 5.93. The predicted molar refractivity (Wildman–Crippen MR) is 107 cm³/mol.